The fourth-order valence-electron chi connectivity index (χ4n) is 2.78. The highest BCUT2D eigenvalue weighted by Gasteiger charge is 2.27. The highest BCUT2D eigenvalue weighted by molar-refractivity contribution is 5.26. The molecule has 1 aliphatic rings. The van der Waals surface area contributed by atoms with E-state index in [0.29, 0.717) is 17.9 Å². The van der Waals surface area contributed by atoms with E-state index in [4.69, 9.17) is 5.21 Å². The quantitative estimate of drug-likeness (QED) is 0.777. The minimum atomic E-state index is 0.529. The van der Waals surface area contributed by atoms with E-state index in [2.05, 4.69) is 43.6 Å². The van der Waals surface area contributed by atoms with E-state index in [1.807, 2.05) is 0 Å². The first-order valence-corrected chi connectivity index (χ1v) is 6.56. The van der Waals surface area contributed by atoms with Gasteiger partial charge in [-0.2, -0.15) is 0 Å². The van der Waals surface area contributed by atoms with Gasteiger partial charge in [0.05, 0.1) is 0 Å². The molecule has 0 spiro atoms. The largest absolute Gasteiger partial charge is 0.316 e. The number of benzene rings is 1. The van der Waals surface area contributed by atoms with Crippen molar-refractivity contribution in [2.75, 3.05) is 0 Å². The zero-order valence-electron chi connectivity index (χ0n) is 10.9. The van der Waals surface area contributed by atoms with Crippen LogP contribution in [-0.2, 0) is 6.54 Å². The Morgan fingerprint density at radius 1 is 1.29 bits per heavy atom. The van der Waals surface area contributed by atoms with Gasteiger partial charge in [-0.05, 0) is 48.1 Å². The summed E-state index contributed by atoms with van der Waals surface area (Å²) in [6.07, 6.45) is 5.23. The molecule has 2 N–H and O–H groups in total. The van der Waals surface area contributed by atoms with Crippen molar-refractivity contribution < 1.29 is 5.21 Å². The lowest BCUT2D eigenvalue weighted by molar-refractivity contribution is 0.161. The first-order valence-electron chi connectivity index (χ1n) is 6.56. The van der Waals surface area contributed by atoms with E-state index >= 15 is 0 Å². The Morgan fingerprint density at radius 2 is 2.00 bits per heavy atom. The predicted molar refractivity (Wildman–Crippen MR) is 70.1 cm³/mol. The van der Waals surface area contributed by atoms with Crippen LogP contribution in [0.4, 0.5) is 0 Å². The molecule has 0 saturated heterocycles. The van der Waals surface area contributed by atoms with Gasteiger partial charge in [0.25, 0.3) is 0 Å². The van der Waals surface area contributed by atoms with Gasteiger partial charge in [-0.15, -0.1) is 0 Å². The zero-order valence-corrected chi connectivity index (χ0v) is 10.9. The van der Waals surface area contributed by atoms with E-state index in [0.717, 1.165) is 5.56 Å². The number of rotatable bonds is 3. The second kappa shape index (κ2) is 5.19. The van der Waals surface area contributed by atoms with Crippen molar-refractivity contribution in [1.82, 2.24) is 5.48 Å². The molecule has 1 saturated carbocycles. The molecule has 0 radical (unpaired) electrons. The summed E-state index contributed by atoms with van der Waals surface area (Å²) in [5.74, 6) is 0.710. The molecule has 0 amide bonds. The second-order valence-electron chi connectivity index (χ2n) is 6.02. The molecule has 17 heavy (non-hydrogen) atoms. The molecule has 2 heteroatoms. The average Bonchev–Trinajstić information content (AvgIpc) is 2.30. The molecule has 94 valence electrons. The van der Waals surface area contributed by atoms with Crippen molar-refractivity contribution in [2.45, 2.75) is 52.0 Å². The fraction of sp³-hybridized carbons (Fsp3) is 0.600. The van der Waals surface area contributed by atoms with Crippen molar-refractivity contribution in [3.05, 3.63) is 35.4 Å². The van der Waals surface area contributed by atoms with Crippen molar-refractivity contribution in [2.24, 2.45) is 5.41 Å². The molecular formula is C15H23NO. The van der Waals surface area contributed by atoms with E-state index in [1.54, 1.807) is 0 Å². The van der Waals surface area contributed by atoms with Crippen molar-refractivity contribution in [3.63, 3.8) is 0 Å². The molecule has 0 heterocycles. The summed E-state index contributed by atoms with van der Waals surface area (Å²) in [4.78, 5) is 0. The normalized spacial score (nSPS) is 20.4. The van der Waals surface area contributed by atoms with Gasteiger partial charge in [0, 0.05) is 6.54 Å². The van der Waals surface area contributed by atoms with Gasteiger partial charge in [-0.3, -0.25) is 0 Å². The summed E-state index contributed by atoms with van der Waals surface area (Å²) >= 11 is 0. The number of hydrogen-bond donors (Lipinski definition) is 2. The van der Waals surface area contributed by atoms with Gasteiger partial charge < -0.3 is 5.21 Å². The van der Waals surface area contributed by atoms with Gasteiger partial charge in [0.2, 0.25) is 0 Å². The summed E-state index contributed by atoms with van der Waals surface area (Å²) in [5, 5.41) is 8.74. The summed E-state index contributed by atoms with van der Waals surface area (Å²) in [7, 11) is 0. The molecule has 1 fully saturated rings. The van der Waals surface area contributed by atoms with Crippen LogP contribution in [0.2, 0.25) is 0 Å². The van der Waals surface area contributed by atoms with Crippen LogP contribution in [0.1, 0.15) is 56.6 Å². The molecule has 1 aromatic rings. The number of nitrogens with one attached hydrogen (secondary N) is 1. The van der Waals surface area contributed by atoms with E-state index in [1.165, 1.54) is 31.2 Å². The van der Waals surface area contributed by atoms with Crippen LogP contribution in [0.15, 0.2) is 24.3 Å². The summed E-state index contributed by atoms with van der Waals surface area (Å²) < 4.78 is 0. The third kappa shape index (κ3) is 3.30. The maximum atomic E-state index is 8.74. The zero-order chi connectivity index (χ0) is 12.3. The molecule has 0 unspecified atom stereocenters. The lowest BCUT2D eigenvalue weighted by atomic mass is 9.71. The summed E-state index contributed by atoms with van der Waals surface area (Å²) in [5.41, 5.74) is 5.36. The predicted octanol–water partition coefficient (Wildman–Crippen LogP) is 3.85. The Balaban J connectivity index is 2.05. The third-order valence-electron chi connectivity index (χ3n) is 4.04. The van der Waals surface area contributed by atoms with Gasteiger partial charge >= 0.3 is 0 Å². The molecule has 2 nitrogen and oxygen atoms in total. The highest BCUT2D eigenvalue weighted by Crippen LogP contribution is 2.42. The Morgan fingerprint density at radius 3 is 2.65 bits per heavy atom. The fourth-order valence-corrected chi connectivity index (χ4v) is 2.78. The van der Waals surface area contributed by atoms with E-state index in [9.17, 15) is 0 Å². The highest BCUT2D eigenvalue weighted by atomic mass is 16.5. The van der Waals surface area contributed by atoms with Crippen LogP contribution in [0.3, 0.4) is 0 Å². The van der Waals surface area contributed by atoms with Crippen molar-refractivity contribution in [1.29, 1.82) is 0 Å². The number of hydrogen-bond acceptors (Lipinski definition) is 2. The SMILES string of the molecule is CC1(C)CCC(c2cccc(CNO)c2)CC1. The maximum Gasteiger partial charge on any atom is 0.0458 e. The minimum Gasteiger partial charge on any atom is -0.316 e. The molecule has 1 aliphatic carbocycles. The van der Waals surface area contributed by atoms with Crippen LogP contribution in [0.5, 0.6) is 0 Å². The van der Waals surface area contributed by atoms with Gasteiger partial charge in [0.1, 0.15) is 0 Å². The van der Waals surface area contributed by atoms with Gasteiger partial charge in [0.15, 0.2) is 0 Å². The average molecular weight is 233 g/mol. The van der Waals surface area contributed by atoms with Crippen LogP contribution in [0, 0.1) is 5.41 Å². The van der Waals surface area contributed by atoms with Crippen molar-refractivity contribution in [3.8, 4) is 0 Å². The van der Waals surface area contributed by atoms with Crippen LogP contribution < -0.4 is 5.48 Å². The molecule has 0 atom stereocenters. The van der Waals surface area contributed by atoms with Gasteiger partial charge in [-0.1, -0.05) is 38.1 Å². The van der Waals surface area contributed by atoms with Crippen LogP contribution in [-0.4, -0.2) is 5.21 Å². The van der Waals surface area contributed by atoms with E-state index in [-0.39, 0.29) is 0 Å². The first kappa shape index (κ1) is 12.6. The Bertz CT molecular complexity index is 363. The third-order valence-corrected chi connectivity index (χ3v) is 4.04. The summed E-state index contributed by atoms with van der Waals surface area (Å²) in [6, 6.07) is 8.61. The lowest BCUT2D eigenvalue weighted by Crippen LogP contribution is -2.20. The Labute approximate surface area is 104 Å². The van der Waals surface area contributed by atoms with Crippen LogP contribution >= 0.6 is 0 Å². The second-order valence-corrected chi connectivity index (χ2v) is 6.02. The summed E-state index contributed by atoms with van der Waals surface area (Å²) in [6.45, 7) is 5.27. The van der Waals surface area contributed by atoms with Crippen molar-refractivity contribution >= 4 is 0 Å². The lowest BCUT2D eigenvalue weighted by Gasteiger charge is -2.34. The first-order chi connectivity index (χ1) is 8.11. The topological polar surface area (TPSA) is 32.3 Å². The molecular weight excluding hydrogens is 210 g/mol. The monoisotopic (exact) mass is 233 g/mol. The molecule has 0 bridgehead atoms. The smallest absolute Gasteiger partial charge is 0.0458 e. The molecule has 1 aromatic carbocycles. The Hall–Kier alpha value is -0.860. The molecule has 2 rings (SSSR count). The van der Waals surface area contributed by atoms with Crippen LogP contribution in [0.25, 0.3) is 0 Å². The van der Waals surface area contributed by atoms with E-state index < -0.39 is 0 Å². The minimum absolute atomic E-state index is 0.529. The Kier molecular flexibility index (Phi) is 3.85. The van der Waals surface area contributed by atoms with Gasteiger partial charge in [-0.25, -0.2) is 5.48 Å². The number of hydroxylamine groups is 1. The molecule has 0 aromatic heterocycles. The molecule has 0 aliphatic heterocycles. The maximum absolute atomic E-state index is 8.74. The standard InChI is InChI=1S/C15H23NO/c1-15(2)8-6-13(7-9-15)14-5-3-4-12(10-14)11-16-17/h3-5,10,13,16-17H,6-9,11H2,1-2H3.